The second kappa shape index (κ2) is 12.4. The SMILES string of the molecule is COc1cc2c(cc1Nc1ncc(Cl)c(Nc3ccccc3S(=O)(=O)C(C)C)n1)CCC(NC(=O)CN(C)C)C2(C)C. The fraction of sp³-hybridized carbons (Fsp3) is 0.433. The summed E-state index contributed by atoms with van der Waals surface area (Å²) >= 11 is 6.42. The average Bonchev–Trinajstić information content (AvgIpc) is 2.91. The normalized spacial score (nSPS) is 16.2. The van der Waals surface area contributed by atoms with Crippen LogP contribution in [0, 0.1) is 0 Å². The molecule has 2 aromatic carbocycles. The van der Waals surface area contributed by atoms with E-state index in [1.165, 1.54) is 6.20 Å². The fourth-order valence-electron chi connectivity index (χ4n) is 5.16. The Bertz CT molecular complexity index is 1580. The number of sulfone groups is 1. The first-order chi connectivity index (χ1) is 19.7. The maximum absolute atomic E-state index is 12.9. The largest absolute Gasteiger partial charge is 0.495 e. The monoisotopic (exact) mass is 614 g/mol. The van der Waals surface area contributed by atoms with Gasteiger partial charge in [-0.25, -0.2) is 13.4 Å². The zero-order valence-electron chi connectivity index (χ0n) is 25.1. The lowest BCUT2D eigenvalue weighted by molar-refractivity contribution is -0.123. The lowest BCUT2D eigenvalue weighted by Gasteiger charge is -2.41. The summed E-state index contributed by atoms with van der Waals surface area (Å²) in [7, 11) is 1.80. The summed E-state index contributed by atoms with van der Waals surface area (Å²) in [6.45, 7) is 7.88. The molecule has 1 atom stereocenters. The van der Waals surface area contributed by atoms with Gasteiger partial charge in [0.1, 0.15) is 10.8 Å². The van der Waals surface area contributed by atoms with Crippen molar-refractivity contribution in [2.24, 2.45) is 0 Å². The minimum Gasteiger partial charge on any atom is -0.495 e. The third-order valence-corrected chi connectivity index (χ3v) is 10.0. The minimum absolute atomic E-state index is 0.000469. The van der Waals surface area contributed by atoms with E-state index in [0.717, 1.165) is 24.0 Å². The van der Waals surface area contributed by atoms with Crippen LogP contribution in [0.25, 0.3) is 0 Å². The number of hydrogen-bond donors (Lipinski definition) is 3. The summed E-state index contributed by atoms with van der Waals surface area (Å²) in [5, 5.41) is 9.17. The summed E-state index contributed by atoms with van der Waals surface area (Å²) in [5.74, 6) is 1.12. The van der Waals surface area contributed by atoms with Gasteiger partial charge in [0.05, 0.1) is 41.4 Å². The second-order valence-electron chi connectivity index (χ2n) is 11.6. The molecule has 3 aromatic rings. The smallest absolute Gasteiger partial charge is 0.234 e. The highest BCUT2D eigenvalue weighted by Crippen LogP contribution is 2.42. The molecule has 1 aliphatic carbocycles. The molecule has 1 heterocycles. The van der Waals surface area contributed by atoms with Gasteiger partial charge in [0, 0.05) is 11.5 Å². The zero-order chi connectivity index (χ0) is 30.8. The molecule has 1 amide bonds. The minimum atomic E-state index is -3.55. The van der Waals surface area contributed by atoms with Crippen molar-refractivity contribution in [3.63, 3.8) is 0 Å². The van der Waals surface area contributed by atoms with Gasteiger partial charge in [-0.1, -0.05) is 37.6 Å². The maximum atomic E-state index is 12.9. The summed E-state index contributed by atoms with van der Waals surface area (Å²) in [6.07, 6.45) is 3.03. The molecule has 0 bridgehead atoms. The molecule has 4 rings (SSSR count). The van der Waals surface area contributed by atoms with E-state index in [4.69, 9.17) is 16.3 Å². The molecule has 0 spiro atoms. The number of aromatic nitrogens is 2. The van der Waals surface area contributed by atoms with Gasteiger partial charge in [-0.05, 0) is 76.2 Å². The number of para-hydroxylation sites is 1. The number of methoxy groups -OCH3 is 1. The zero-order valence-corrected chi connectivity index (χ0v) is 26.7. The number of fused-ring (bicyclic) bond motifs is 1. The summed E-state index contributed by atoms with van der Waals surface area (Å²) < 4.78 is 31.6. The Morgan fingerprint density at radius 1 is 1.17 bits per heavy atom. The number of carbonyl (C=O) groups is 1. The highest BCUT2D eigenvalue weighted by molar-refractivity contribution is 7.92. The Balaban J connectivity index is 1.62. The molecule has 1 aromatic heterocycles. The molecule has 1 unspecified atom stereocenters. The predicted octanol–water partition coefficient (Wildman–Crippen LogP) is 5.08. The van der Waals surface area contributed by atoms with Crippen molar-refractivity contribution in [3.05, 3.63) is 58.7 Å². The van der Waals surface area contributed by atoms with E-state index < -0.39 is 15.1 Å². The van der Waals surface area contributed by atoms with Crippen LogP contribution in [0.4, 0.5) is 23.1 Å². The molecule has 0 aliphatic heterocycles. The maximum Gasteiger partial charge on any atom is 0.234 e. The molecule has 226 valence electrons. The van der Waals surface area contributed by atoms with Gasteiger partial charge in [-0.2, -0.15) is 4.98 Å². The molecule has 12 heteroatoms. The highest BCUT2D eigenvalue weighted by atomic mass is 35.5. The lowest BCUT2D eigenvalue weighted by atomic mass is 9.69. The number of carbonyl (C=O) groups excluding carboxylic acids is 1. The van der Waals surface area contributed by atoms with Crippen LogP contribution in [0.2, 0.25) is 5.02 Å². The van der Waals surface area contributed by atoms with Crippen LogP contribution >= 0.6 is 11.6 Å². The third kappa shape index (κ3) is 6.63. The van der Waals surface area contributed by atoms with Gasteiger partial charge in [-0.3, -0.25) is 4.79 Å². The molecular formula is C30H39ClN6O4S. The van der Waals surface area contributed by atoms with Crippen LogP contribution in [-0.2, 0) is 26.5 Å². The summed E-state index contributed by atoms with van der Waals surface area (Å²) in [4.78, 5) is 23.4. The number of halogens is 1. The quantitative estimate of drug-likeness (QED) is 0.287. The fourth-order valence-corrected chi connectivity index (χ4v) is 6.50. The van der Waals surface area contributed by atoms with E-state index in [2.05, 4.69) is 39.8 Å². The van der Waals surface area contributed by atoms with Gasteiger partial charge in [0.2, 0.25) is 11.9 Å². The number of nitrogens with zero attached hydrogens (tertiary/aromatic N) is 3. The van der Waals surface area contributed by atoms with Crippen LogP contribution in [0.1, 0.15) is 45.2 Å². The number of likely N-dealkylation sites (N-methyl/N-ethyl adjacent to an activating group) is 1. The Hall–Kier alpha value is -3.41. The molecule has 3 N–H and O–H groups in total. The molecular weight excluding hydrogens is 576 g/mol. The van der Waals surface area contributed by atoms with Crippen molar-refractivity contribution in [2.75, 3.05) is 38.4 Å². The number of nitrogens with one attached hydrogen (secondary N) is 3. The Labute approximate surface area is 253 Å². The number of amides is 1. The molecule has 1 aliphatic rings. The number of aryl methyl sites for hydroxylation is 1. The van der Waals surface area contributed by atoms with Crippen LogP contribution < -0.4 is 20.7 Å². The van der Waals surface area contributed by atoms with Crippen LogP contribution in [0.5, 0.6) is 5.75 Å². The Morgan fingerprint density at radius 2 is 1.88 bits per heavy atom. The van der Waals surface area contributed by atoms with E-state index in [1.807, 2.05) is 31.1 Å². The van der Waals surface area contributed by atoms with Crippen molar-refractivity contribution in [1.82, 2.24) is 20.2 Å². The number of benzene rings is 2. The predicted molar refractivity (Wildman–Crippen MR) is 167 cm³/mol. The topological polar surface area (TPSA) is 126 Å². The molecule has 0 saturated carbocycles. The van der Waals surface area contributed by atoms with Crippen molar-refractivity contribution >= 4 is 50.5 Å². The van der Waals surface area contributed by atoms with E-state index in [1.54, 1.807) is 45.2 Å². The first-order valence-electron chi connectivity index (χ1n) is 13.8. The Kier molecular flexibility index (Phi) is 9.34. The Morgan fingerprint density at radius 3 is 2.55 bits per heavy atom. The van der Waals surface area contributed by atoms with E-state index in [9.17, 15) is 13.2 Å². The van der Waals surface area contributed by atoms with E-state index >= 15 is 0 Å². The standard InChI is InChI=1S/C30H39ClN6O4S/c1-18(2)42(39,40)25-11-9-8-10-22(25)33-28-21(31)16-32-29(36-28)34-23-14-19-12-13-26(35-27(38)17-37(5)6)30(3,4)20(19)15-24(23)41-7/h8-11,14-16,18,26H,12-13,17H2,1-7H3,(H,35,38)(H2,32,33,34,36). The first kappa shape index (κ1) is 31.5. The van der Waals surface area contributed by atoms with Crippen molar-refractivity contribution in [1.29, 1.82) is 0 Å². The van der Waals surface area contributed by atoms with Gasteiger partial charge >= 0.3 is 0 Å². The average molecular weight is 615 g/mol. The van der Waals surface area contributed by atoms with E-state index in [-0.39, 0.29) is 39.0 Å². The van der Waals surface area contributed by atoms with Crippen molar-refractivity contribution < 1.29 is 17.9 Å². The van der Waals surface area contributed by atoms with Crippen LogP contribution in [0.15, 0.2) is 47.5 Å². The molecule has 0 radical (unpaired) electrons. The van der Waals surface area contributed by atoms with Gasteiger partial charge < -0.3 is 25.6 Å². The molecule has 0 fully saturated rings. The molecule has 10 nitrogen and oxygen atoms in total. The van der Waals surface area contributed by atoms with Gasteiger partial charge in [0.15, 0.2) is 15.7 Å². The summed E-state index contributed by atoms with van der Waals surface area (Å²) in [6, 6.07) is 10.7. The van der Waals surface area contributed by atoms with E-state index in [0.29, 0.717) is 23.7 Å². The third-order valence-electron chi connectivity index (χ3n) is 7.55. The number of hydrogen-bond acceptors (Lipinski definition) is 9. The number of rotatable bonds is 10. The second-order valence-corrected chi connectivity index (χ2v) is 14.4. The molecule has 0 saturated heterocycles. The van der Waals surface area contributed by atoms with Gasteiger partial charge in [0.25, 0.3) is 0 Å². The van der Waals surface area contributed by atoms with Gasteiger partial charge in [-0.15, -0.1) is 0 Å². The lowest BCUT2D eigenvalue weighted by Crippen LogP contribution is -2.51. The number of anilines is 4. The van der Waals surface area contributed by atoms with Crippen molar-refractivity contribution in [3.8, 4) is 5.75 Å². The van der Waals surface area contributed by atoms with Crippen LogP contribution in [0.3, 0.4) is 0 Å². The molecule has 42 heavy (non-hydrogen) atoms. The van der Waals surface area contributed by atoms with Crippen LogP contribution in [-0.4, -0.2) is 68.2 Å². The first-order valence-corrected chi connectivity index (χ1v) is 15.7. The highest BCUT2D eigenvalue weighted by Gasteiger charge is 2.38. The van der Waals surface area contributed by atoms with Crippen molar-refractivity contribution in [2.45, 2.75) is 62.1 Å². The number of ether oxygens (including phenoxy) is 1. The summed E-state index contributed by atoms with van der Waals surface area (Å²) in [5.41, 5.74) is 2.98.